The first-order valence-electron chi connectivity index (χ1n) is 4.78. The standard InChI is InChI=1S/C11H16BrNO2/c1-6(5-13)8-4-9(12)11(15-3)7(2)10(8)14/h4,6,14H,5,13H2,1-3H3. The zero-order valence-corrected chi connectivity index (χ0v) is 10.8. The number of phenolic OH excluding ortho intramolecular Hbond substituents is 1. The van der Waals surface area contributed by atoms with E-state index in [1.807, 2.05) is 19.9 Å². The largest absolute Gasteiger partial charge is 0.507 e. The average Bonchev–Trinajstić information content (AvgIpc) is 2.23. The lowest BCUT2D eigenvalue weighted by molar-refractivity contribution is 0.398. The topological polar surface area (TPSA) is 55.5 Å². The summed E-state index contributed by atoms with van der Waals surface area (Å²) in [6, 6.07) is 1.86. The fourth-order valence-electron chi connectivity index (χ4n) is 1.53. The van der Waals surface area contributed by atoms with E-state index in [4.69, 9.17) is 10.5 Å². The molecule has 1 aromatic carbocycles. The predicted octanol–water partition coefficient (Wildman–Crippen LogP) is 2.53. The van der Waals surface area contributed by atoms with Crippen LogP contribution in [0.25, 0.3) is 0 Å². The van der Waals surface area contributed by atoms with Crippen LogP contribution in [0.4, 0.5) is 0 Å². The van der Waals surface area contributed by atoms with Crippen molar-refractivity contribution in [2.24, 2.45) is 5.73 Å². The third-order valence-electron chi connectivity index (χ3n) is 2.56. The van der Waals surface area contributed by atoms with Crippen molar-refractivity contribution in [2.45, 2.75) is 19.8 Å². The van der Waals surface area contributed by atoms with E-state index in [9.17, 15) is 5.11 Å². The van der Waals surface area contributed by atoms with E-state index in [1.165, 1.54) is 0 Å². The summed E-state index contributed by atoms with van der Waals surface area (Å²) in [5.74, 6) is 1.07. The summed E-state index contributed by atoms with van der Waals surface area (Å²) in [7, 11) is 1.58. The monoisotopic (exact) mass is 273 g/mol. The van der Waals surface area contributed by atoms with Crippen LogP contribution in [0.2, 0.25) is 0 Å². The molecule has 0 amide bonds. The molecule has 3 N–H and O–H groups in total. The molecule has 0 aliphatic rings. The van der Waals surface area contributed by atoms with Gasteiger partial charge in [0.1, 0.15) is 11.5 Å². The smallest absolute Gasteiger partial charge is 0.139 e. The van der Waals surface area contributed by atoms with Gasteiger partial charge in [0.2, 0.25) is 0 Å². The van der Waals surface area contributed by atoms with Crippen LogP contribution in [0.3, 0.4) is 0 Å². The summed E-state index contributed by atoms with van der Waals surface area (Å²) in [6.07, 6.45) is 0. The van der Waals surface area contributed by atoms with Crippen LogP contribution in [0, 0.1) is 6.92 Å². The summed E-state index contributed by atoms with van der Waals surface area (Å²) < 4.78 is 6.03. The van der Waals surface area contributed by atoms with Crippen molar-refractivity contribution in [2.75, 3.05) is 13.7 Å². The Hall–Kier alpha value is -0.740. The van der Waals surface area contributed by atoms with Gasteiger partial charge >= 0.3 is 0 Å². The molecule has 0 heterocycles. The number of hydrogen-bond donors (Lipinski definition) is 2. The molecule has 0 aliphatic heterocycles. The molecule has 84 valence electrons. The van der Waals surface area contributed by atoms with Crippen LogP contribution in [0.5, 0.6) is 11.5 Å². The Bertz CT molecular complexity index is 366. The summed E-state index contributed by atoms with van der Waals surface area (Å²) in [6.45, 7) is 4.31. The van der Waals surface area contributed by atoms with E-state index in [0.717, 1.165) is 15.6 Å². The number of methoxy groups -OCH3 is 1. The van der Waals surface area contributed by atoms with Crippen molar-refractivity contribution in [1.29, 1.82) is 0 Å². The molecule has 0 bridgehead atoms. The second-order valence-corrected chi connectivity index (χ2v) is 4.45. The van der Waals surface area contributed by atoms with Gasteiger partial charge in [0.15, 0.2) is 0 Å². The molecule has 0 fully saturated rings. The number of ether oxygens (including phenoxy) is 1. The van der Waals surface area contributed by atoms with E-state index in [0.29, 0.717) is 12.3 Å². The Kier molecular flexibility index (Phi) is 3.99. The molecular weight excluding hydrogens is 258 g/mol. The van der Waals surface area contributed by atoms with Gasteiger partial charge in [0.25, 0.3) is 0 Å². The lowest BCUT2D eigenvalue weighted by Gasteiger charge is -2.16. The highest BCUT2D eigenvalue weighted by Crippen LogP contribution is 2.39. The first-order chi connectivity index (χ1) is 7.02. The van der Waals surface area contributed by atoms with Gasteiger partial charge in [-0.25, -0.2) is 0 Å². The number of benzene rings is 1. The molecule has 0 saturated heterocycles. The first kappa shape index (κ1) is 12.3. The maximum Gasteiger partial charge on any atom is 0.139 e. The summed E-state index contributed by atoms with van der Waals surface area (Å²) in [5.41, 5.74) is 7.17. The fraction of sp³-hybridized carbons (Fsp3) is 0.455. The second-order valence-electron chi connectivity index (χ2n) is 3.59. The van der Waals surface area contributed by atoms with Gasteiger partial charge in [0, 0.05) is 5.56 Å². The molecule has 0 aromatic heterocycles. The maximum absolute atomic E-state index is 9.98. The number of rotatable bonds is 3. The molecule has 3 nitrogen and oxygen atoms in total. The Labute approximate surface area is 98.4 Å². The normalized spacial score (nSPS) is 12.6. The zero-order chi connectivity index (χ0) is 11.6. The van der Waals surface area contributed by atoms with Crippen molar-refractivity contribution in [3.63, 3.8) is 0 Å². The molecule has 0 saturated carbocycles. The Balaban J connectivity index is 3.33. The van der Waals surface area contributed by atoms with Crippen molar-refractivity contribution in [3.05, 3.63) is 21.7 Å². The van der Waals surface area contributed by atoms with Crippen molar-refractivity contribution < 1.29 is 9.84 Å². The van der Waals surface area contributed by atoms with E-state index in [1.54, 1.807) is 7.11 Å². The zero-order valence-electron chi connectivity index (χ0n) is 9.17. The number of nitrogens with two attached hydrogens (primary N) is 1. The highest BCUT2D eigenvalue weighted by Gasteiger charge is 2.17. The predicted molar refractivity (Wildman–Crippen MR) is 64.6 cm³/mol. The highest BCUT2D eigenvalue weighted by molar-refractivity contribution is 9.10. The molecule has 1 rings (SSSR count). The first-order valence-corrected chi connectivity index (χ1v) is 5.58. The Morgan fingerprint density at radius 3 is 2.67 bits per heavy atom. The van der Waals surface area contributed by atoms with Crippen LogP contribution in [-0.4, -0.2) is 18.8 Å². The van der Waals surface area contributed by atoms with Crippen molar-refractivity contribution >= 4 is 15.9 Å². The second kappa shape index (κ2) is 4.86. The molecule has 4 heteroatoms. The number of halogens is 1. The molecule has 15 heavy (non-hydrogen) atoms. The Morgan fingerprint density at radius 1 is 1.60 bits per heavy atom. The fourth-order valence-corrected chi connectivity index (χ4v) is 2.23. The third kappa shape index (κ3) is 2.26. The molecule has 1 aromatic rings. The van der Waals surface area contributed by atoms with Crippen LogP contribution in [0.1, 0.15) is 24.0 Å². The van der Waals surface area contributed by atoms with Gasteiger partial charge < -0.3 is 15.6 Å². The third-order valence-corrected chi connectivity index (χ3v) is 3.15. The van der Waals surface area contributed by atoms with Gasteiger partial charge in [0.05, 0.1) is 11.6 Å². The number of hydrogen-bond acceptors (Lipinski definition) is 3. The summed E-state index contributed by atoms with van der Waals surface area (Å²) in [4.78, 5) is 0. The van der Waals surface area contributed by atoms with Crippen molar-refractivity contribution in [3.8, 4) is 11.5 Å². The SMILES string of the molecule is COc1c(Br)cc(C(C)CN)c(O)c1C. The summed E-state index contributed by atoms with van der Waals surface area (Å²) in [5, 5.41) is 9.98. The quantitative estimate of drug-likeness (QED) is 0.890. The van der Waals surface area contributed by atoms with Crippen LogP contribution in [0.15, 0.2) is 10.5 Å². The lowest BCUT2D eigenvalue weighted by Crippen LogP contribution is -2.09. The highest BCUT2D eigenvalue weighted by atomic mass is 79.9. The minimum atomic E-state index is 0.130. The van der Waals surface area contributed by atoms with Crippen LogP contribution in [-0.2, 0) is 0 Å². The van der Waals surface area contributed by atoms with Gasteiger partial charge in [-0.05, 0) is 46.9 Å². The summed E-state index contributed by atoms with van der Waals surface area (Å²) >= 11 is 3.41. The number of phenols is 1. The Morgan fingerprint density at radius 2 is 2.20 bits per heavy atom. The lowest BCUT2D eigenvalue weighted by atomic mass is 9.97. The molecule has 1 atom stereocenters. The molecule has 0 radical (unpaired) electrons. The van der Waals surface area contributed by atoms with E-state index in [2.05, 4.69) is 15.9 Å². The van der Waals surface area contributed by atoms with E-state index >= 15 is 0 Å². The van der Waals surface area contributed by atoms with Crippen molar-refractivity contribution in [1.82, 2.24) is 0 Å². The average molecular weight is 274 g/mol. The number of aromatic hydroxyl groups is 1. The molecule has 1 unspecified atom stereocenters. The van der Waals surface area contributed by atoms with Gasteiger partial charge in [-0.3, -0.25) is 0 Å². The molecule has 0 aliphatic carbocycles. The van der Waals surface area contributed by atoms with Gasteiger partial charge in [-0.15, -0.1) is 0 Å². The minimum absolute atomic E-state index is 0.130. The van der Waals surface area contributed by atoms with E-state index < -0.39 is 0 Å². The van der Waals surface area contributed by atoms with Gasteiger partial charge in [-0.1, -0.05) is 6.92 Å². The van der Waals surface area contributed by atoms with Crippen LogP contribution >= 0.6 is 15.9 Å². The van der Waals surface area contributed by atoms with Crippen LogP contribution < -0.4 is 10.5 Å². The minimum Gasteiger partial charge on any atom is -0.507 e. The maximum atomic E-state index is 9.98. The van der Waals surface area contributed by atoms with Gasteiger partial charge in [-0.2, -0.15) is 0 Å². The molecular formula is C11H16BrNO2. The van der Waals surface area contributed by atoms with E-state index in [-0.39, 0.29) is 11.7 Å². The molecule has 0 spiro atoms.